The van der Waals surface area contributed by atoms with Crippen LogP contribution in [-0.2, 0) is 11.2 Å². The molecule has 0 spiro atoms. The Morgan fingerprint density at radius 2 is 1.88 bits per heavy atom. The molecule has 1 fully saturated rings. The zero-order chi connectivity index (χ0) is 11.4. The third-order valence-electron chi connectivity index (χ3n) is 3.30. The number of carbonyl (C=O) groups excluding carboxylic acids is 1. The predicted octanol–water partition coefficient (Wildman–Crippen LogP) is 3.47. The van der Waals surface area contributed by atoms with E-state index in [9.17, 15) is 9.18 Å². The molecule has 1 aliphatic carbocycles. The standard InChI is InChI=1S/C14H17FO/c15-14(10-6-2-5-9-13(14)16)11-12-7-3-1-4-8-12/h1,3-4,7-8H,2,5-6,9-11H2. The summed E-state index contributed by atoms with van der Waals surface area (Å²) in [6.07, 6.45) is 3.69. The van der Waals surface area contributed by atoms with E-state index in [1.165, 1.54) is 0 Å². The highest BCUT2D eigenvalue weighted by molar-refractivity contribution is 5.87. The van der Waals surface area contributed by atoms with E-state index in [4.69, 9.17) is 0 Å². The van der Waals surface area contributed by atoms with Crippen molar-refractivity contribution in [3.63, 3.8) is 0 Å². The van der Waals surface area contributed by atoms with Gasteiger partial charge in [-0.15, -0.1) is 0 Å². The summed E-state index contributed by atoms with van der Waals surface area (Å²) in [5.41, 5.74) is -0.696. The van der Waals surface area contributed by atoms with Crippen LogP contribution in [-0.4, -0.2) is 11.5 Å². The Morgan fingerprint density at radius 3 is 2.62 bits per heavy atom. The molecule has 0 saturated heterocycles. The van der Waals surface area contributed by atoms with Crippen molar-refractivity contribution in [2.45, 2.75) is 44.2 Å². The number of halogens is 1. The SMILES string of the molecule is O=C1CCCCCC1(F)Cc1ccccc1. The van der Waals surface area contributed by atoms with Gasteiger partial charge in [0.05, 0.1) is 0 Å². The van der Waals surface area contributed by atoms with Crippen molar-refractivity contribution < 1.29 is 9.18 Å². The van der Waals surface area contributed by atoms with Crippen molar-refractivity contribution in [2.24, 2.45) is 0 Å². The quantitative estimate of drug-likeness (QED) is 0.697. The second-order valence-corrected chi connectivity index (χ2v) is 4.61. The maximum Gasteiger partial charge on any atom is 0.172 e. The minimum absolute atomic E-state index is 0.200. The van der Waals surface area contributed by atoms with Crippen LogP contribution in [0.25, 0.3) is 0 Å². The Bertz CT molecular complexity index is 360. The summed E-state index contributed by atoms with van der Waals surface area (Å²) in [4.78, 5) is 11.8. The lowest BCUT2D eigenvalue weighted by molar-refractivity contribution is -0.130. The first-order valence-corrected chi connectivity index (χ1v) is 5.97. The molecule has 0 heterocycles. The molecule has 1 aliphatic rings. The van der Waals surface area contributed by atoms with Crippen LogP contribution in [0.15, 0.2) is 30.3 Å². The molecule has 1 unspecified atom stereocenters. The fourth-order valence-electron chi connectivity index (χ4n) is 2.34. The average molecular weight is 220 g/mol. The number of ketones is 1. The van der Waals surface area contributed by atoms with Crippen LogP contribution in [0, 0.1) is 0 Å². The zero-order valence-corrected chi connectivity index (χ0v) is 9.42. The number of hydrogen-bond acceptors (Lipinski definition) is 1. The molecule has 2 rings (SSSR count). The van der Waals surface area contributed by atoms with Gasteiger partial charge >= 0.3 is 0 Å². The Morgan fingerprint density at radius 1 is 1.12 bits per heavy atom. The number of alkyl halides is 1. The minimum atomic E-state index is -1.61. The molecule has 1 aromatic carbocycles. The van der Waals surface area contributed by atoms with Gasteiger partial charge in [-0.3, -0.25) is 4.79 Å². The van der Waals surface area contributed by atoms with E-state index < -0.39 is 5.67 Å². The maximum atomic E-state index is 14.6. The van der Waals surface area contributed by atoms with Crippen molar-refractivity contribution in [3.8, 4) is 0 Å². The minimum Gasteiger partial charge on any atom is -0.296 e. The molecule has 1 atom stereocenters. The highest BCUT2D eigenvalue weighted by Crippen LogP contribution is 2.31. The maximum absolute atomic E-state index is 14.6. The van der Waals surface area contributed by atoms with Crippen LogP contribution >= 0.6 is 0 Å². The van der Waals surface area contributed by atoms with Crippen LogP contribution in [0.4, 0.5) is 4.39 Å². The van der Waals surface area contributed by atoms with Gasteiger partial charge in [0.15, 0.2) is 11.5 Å². The van der Waals surface area contributed by atoms with Gasteiger partial charge in [-0.05, 0) is 24.8 Å². The summed E-state index contributed by atoms with van der Waals surface area (Å²) in [5, 5.41) is 0. The topological polar surface area (TPSA) is 17.1 Å². The monoisotopic (exact) mass is 220 g/mol. The van der Waals surface area contributed by atoms with Crippen molar-refractivity contribution >= 4 is 5.78 Å². The average Bonchev–Trinajstić information content (AvgIpc) is 2.44. The first-order chi connectivity index (χ1) is 7.71. The molecule has 1 saturated carbocycles. The first-order valence-electron chi connectivity index (χ1n) is 5.97. The van der Waals surface area contributed by atoms with Gasteiger partial charge < -0.3 is 0 Å². The molecule has 0 N–H and O–H groups in total. The van der Waals surface area contributed by atoms with Crippen molar-refractivity contribution in [1.29, 1.82) is 0 Å². The summed E-state index contributed by atoms with van der Waals surface area (Å²) >= 11 is 0. The molecule has 0 bridgehead atoms. The number of benzene rings is 1. The highest BCUT2D eigenvalue weighted by Gasteiger charge is 2.38. The molecule has 0 radical (unpaired) electrons. The van der Waals surface area contributed by atoms with Gasteiger partial charge in [0.2, 0.25) is 0 Å². The van der Waals surface area contributed by atoms with E-state index in [0.29, 0.717) is 12.8 Å². The lowest BCUT2D eigenvalue weighted by Crippen LogP contribution is -2.35. The van der Waals surface area contributed by atoms with Crippen molar-refractivity contribution in [1.82, 2.24) is 0 Å². The molecule has 0 aliphatic heterocycles. The molecule has 2 heteroatoms. The molecular weight excluding hydrogens is 203 g/mol. The summed E-state index contributed by atoms with van der Waals surface area (Å²) in [7, 11) is 0. The fraction of sp³-hybridized carbons (Fsp3) is 0.500. The molecule has 16 heavy (non-hydrogen) atoms. The second-order valence-electron chi connectivity index (χ2n) is 4.61. The predicted molar refractivity (Wildman–Crippen MR) is 62.1 cm³/mol. The Labute approximate surface area is 95.7 Å². The van der Waals surface area contributed by atoms with Gasteiger partial charge in [0, 0.05) is 12.8 Å². The Kier molecular flexibility index (Phi) is 3.37. The third kappa shape index (κ3) is 2.49. The molecule has 1 nitrogen and oxygen atoms in total. The van der Waals surface area contributed by atoms with Gasteiger partial charge in [-0.1, -0.05) is 36.8 Å². The van der Waals surface area contributed by atoms with Gasteiger partial charge in [0.1, 0.15) is 0 Å². The number of rotatable bonds is 2. The summed E-state index contributed by atoms with van der Waals surface area (Å²) in [5.74, 6) is -0.200. The van der Waals surface area contributed by atoms with Crippen LogP contribution in [0.2, 0.25) is 0 Å². The highest BCUT2D eigenvalue weighted by atomic mass is 19.1. The fourth-order valence-corrected chi connectivity index (χ4v) is 2.34. The zero-order valence-electron chi connectivity index (χ0n) is 9.42. The summed E-state index contributed by atoms with van der Waals surface area (Å²) in [6, 6.07) is 9.46. The van der Waals surface area contributed by atoms with E-state index >= 15 is 0 Å². The Balaban J connectivity index is 2.14. The molecular formula is C14H17FO. The van der Waals surface area contributed by atoms with E-state index in [-0.39, 0.29) is 12.2 Å². The van der Waals surface area contributed by atoms with Gasteiger partial charge in [-0.2, -0.15) is 0 Å². The number of Topliss-reactive ketones (excluding diaryl/α,β-unsaturated/α-hetero) is 1. The van der Waals surface area contributed by atoms with Gasteiger partial charge in [0.25, 0.3) is 0 Å². The first kappa shape index (κ1) is 11.3. The largest absolute Gasteiger partial charge is 0.296 e. The molecule has 0 amide bonds. The number of carbonyl (C=O) groups is 1. The van der Waals surface area contributed by atoms with Crippen LogP contribution in [0.5, 0.6) is 0 Å². The van der Waals surface area contributed by atoms with Crippen LogP contribution in [0.1, 0.15) is 37.7 Å². The van der Waals surface area contributed by atoms with E-state index in [0.717, 1.165) is 24.8 Å². The smallest absolute Gasteiger partial charge is 0.172 e. The summed E-state index contributed by atoms with van der Waals surface area (Å²) < 4.78 is 14.6. The van der Waals surface area contributed by atoms with E-state index in [1.807, 2.05) is 30.3 Å². The third-order valence-corrected chi connectivity index (χ3v) is 3.30. The molecule has 0 aromatic heterocycles. The van der Waals surface area contributed by atoms with Crippen LogP contribution < -0.4 is 0 Å². The van der Waals surface area contributed by atoms with Gasteiger partial charge in [-0.25, -0.2) is 4.39 Å². The lowest BCUT2D eigenvalue weighted by Gasteiger charge is -2.22. The lowest BCUT2D eigenvalue weighted by atomic mass is 9.88. The second kappa shape index (κ2) is 4.77. The van der Waals surface area contributed by atoms with Crippen molar-refractivity contribution in [3.05, 3.63) is 35.9 Å². The van der Waals surface area contributed by atoms with E-state index in [2.05, 4.69) is 0 Å². The molecule has 1 aromatic rings. The Hall–Kier alpha value is -1.18. The van der Waals surface area contributed by atoms with E-state index in [1.54, 1.807) is 0 Å². The number of hydrogen-bond donors (Lipinski definition) is 0. The van der Waals surface area contributed by atoms with Crippen molar-refractivity contribution in [2.75, 3.05) is 0 Å². The molecule has 86 valence electrons. The van der Waals surface area contributed by atoms with Crippen LogP contribution in [0.3, 0.4) is 0 Å². The summed E-state index contributed by atoms with van der Waals surface area (Å²) in [6.45, 7) is 0. The normalized spacial score (nSPS) is 26.4.